The van der Waals surface area contributed by atoms with E-state index >= 15 is 0 Å². The fraction of sp³-hybridized carbons (Fsp3) is 0.353. The number of aliphatic imine (C=N–C) groups is 1. The van der Waals surface area contributed by atoms with Gasteiger partial charge in [-0.1, -0.05) is 39.8 Å². The number of amides is 1. The SMILES string of the molecule is CCOC(=O)C1=C(C)N=C2SCCC(=O)N2C1c1ccc(Br)cc1. The average molecular weight is 409 g/mol. The number of carbonyl (C=O) groups excluding carboxylic acids is 2. The minimum absolute atomic E-state index is 0.0188. The van der Waals surface area contributed by atoms with Crippen LogP contribution in [0.5, 0.6) is 0 Å². The third-order valence-corrected chi connectivity index (χ3v) is 5.37. The zero-order valence-electron chi connectivity index (χ0n) is 13.4. The number of esters is 1. The molecule has 0 aromatic heterocycles. The third kappa shape index (κ3) is 3.15. The Bertz CT molecular complexity index is 743. The topological polar surface area (TPSA) is 59.0 Å². The van der Waals surface area contributed by atoms with Crippen molar-refractivity contribution in [2.45, 2.75) is 26.3 Å². The maximum atomic E-state index is 12.6. The molecule has 24 heavy (non-hydrogen) atoms. The number of rotatable bonds is 3. The molecule has 1 fully saturated rings. The van der Waals surface area contributed by atoms with Crippen molar-refractivity contribution in [3.63, 3.8) is 0 Å². The highest BCUT2D eigenvalue weighted by atomic mass is 79.9. The van der Waals surface area contributed by atoms with Crippen LogP contribution < -0.4 is 0 Å². The van der Waals surface area contributed by atoms with Crippen LogP contribution in [0.3, 0.4) is 0 Å². The molecule has 1 atom stereocenters. The molecule has 0 spiro atoms. The van der Waals surface area contributed by atoms with Crippen LogP contribution in [0, 0.1) is 0 Å². The Hall–Kier alpha value is -1.60. The fourth-order valence-corrected chi connectivity index (χ4v) is 4.10. The number of hydrogen-bond donors (Lipinski definition) is 0. The van der Waals surface area contributed by atoms with Gasteiger partial charge in [0.05, 0.1) is 23.9 Å². The summed E-state index contributed by atoms with van der Waals surface area (Å²) in [5.41, 5.74) is 1.90. The second-order valence-electron chi connectivity index (χ2n) is 5.43. The monoisotopic (exact) mass is 408 g/mol. The van der Waals surface area contributed by atoms with Gasteiger partial charge < -0.3 is 4.74 Å². The molecule has 1 aromatic rings. The number of ether oxygens (including phenoxy) is 1. The van der Waals surface area contributed by atoms with E-state index in [1.807, 2.05) is 24.3 Å². The van der Waals surface area contributed by atoms with Gasteiger partial charge in [-0.15, -0.1) is 0 Å². The molecule has 1 amide bonds. The van der Waals surface area contributed by atoms with Gasteiger partial charge in [0.1, 0.15) is 0 Å². The van der Waals surface area contributed by atoms with Crippen molar-refractivity contribution in [3.8, 4) is 0 Å². The Morgan fingerprint density at radius 3 is 2.79 bits per heavy atom. The number of benzene rings is 1. The number of thioether (sulfide) groups is 1. The molecule has 1 saturated heterocycles. The van der Waals surface area contributed by atoms with Gasteiger partial charge in [0.15, 0.2) is 5.17 Å². The van der Waals surface area contributed by atoms with E-state index in [9.17, 15) is 9.59 Å². The molecule has 1 aromatic carbocycles. The van der Waals surface area contributed by atoms with E-state index < -0.39 is 12.0 Å². The number of carbonyl (C=O) groups is 2. The first-order valence-electron chi connectivity index (χ1n) is 7.69. The molecule has 0 aliphatic carbocycles. The van der Waals surface area contributed by atoms with E-state index in [1.165, 1.54) is 0 Å². The molecular formula is C17H17BrN2O3S. The lowest BCUT2D eigenvalue weighted by Gasteiger charge is -2.38. The predicted molar refractivity (Wildman–Crippen MR) is 97.6 cm³/mol. The standard InChI is InChI=1S/C17H17BrN2O3S/c1-3-23-16(22)14-10(2)19-17-20(13(21)8-9-24-17)15(14)11-4-6-12(18)7-5-11/h4-7,15H,3,8-9H2,1-2H3. The van der Waals surface area contributed by atoms with Crippen molar-refractivity contribution < 1.29 is 14.3 Å². The van der Waals surface area contributed by atoms with Crippen molar-refractivity contribution in [2.75, 3.05) is 12.4 Å². The molecule has 2 aliphatic heterocycles. The first kappa shape index (κ1) is 17.2. The normalized spacial score (nSPS) is 20.6. The van der Waals surface area contributed by atoms with Crippen LogP contribution in [0.2, 0.25) is 0 Å². The Labute approximate surface area is 153 Å². The second-order valence-corrected chi connectivity index (χ2v) is 7.41. The number of halogens is 1. The van der Waals surface area contributed by atoms with Crippen LogP contribution in [0.4, 0.5) is 0 Å². The van der Waals surface area contributed by atoms with Crippen LogP contribution in [-0.4, -0.2) is 34.3 Å². The molecule has 1 unspecified atom stereocenters. The Morgan fingerprint density at radius 1 is 1.42 bits per heavy atom. The number of nitrogens with zero attached hydrogens (tertiary/aromatic N) is 2. The third-order valence-electron chi connectivity index (χ3n) is 3.89. The van der Waals surface area contributed by atoms with Gasteiger partial charge in [-0.2, -0.15) is 0 Å². The second kappa shape index (κ2) is 7.11. The van der Waals surface area contributed by atoms with Gasteiger partial charge in [0.25, 0.3) is 0 Å². The summed E-state index contributed by atoms with van der Waals surface area (Å²) in [6, 6.07) is 7.14. The van der Waals surface area contributed by atoms with Gasteiger partial charge >= 0.3 is 5.97 Å². The Kier molecular flexibility index (Phi) is 5.10. The fourth-order valence-electron chi connectivity index (χ4n) is 2.83. The molecule has 5 nitrogen and oxygen atoms in total. The molecule has 0 bridgehead atoms. The number of fused-ring (bicyclic) bond motifs is 1. The average Bonchev–Trinajstić information content (AvgIpc) is 2.55. The van der Waals surface area contributed by atoms with Gasteiger partial charge in [-0.3, -0.25) is 9.69 Å². The van der Waals surface area contributed by atoms with Gasteiger partial charge in [-0.05, 0) is 31.5 Å². The number of allylic oxidation sites excluding steroid dienone is 1. The molecule has 7 heteroatoms. The molecule has 0 radical (unpaired) electrons. The lowest BCUT2D eigenvalue weighted by Crippen LogP contribution is -2.45. The van der Waals surface area contributed by atoms with Crippen molar-refractivity contribution in [2.24, 2.45) is 4.99 Å². The predicted octanol–water partition coefficient (Wildman–Crippen LogP) is 3.66. The summed E-state index contributed by atoms with van der Waals surface area (Å²) >= 11 is 4.96. The van der Waals surface area contributed by atoms with Crippen molar-refractivity contribution in [1.82, 2.24) is 4.90 Å². The summed E-state index contributed by atoms with van der Waals surface area (Å²) in [6.45, 7) is 3.84. The van der Waals surface area contributed by atoms with E-state index in [1.54, 1.807) is 30.5 Å². The highest BCUT2D eigenvalue weighted by Gasteiger charge is 2.41. The number of amidine groups is 1. The van der Waals surface area contributed by atoms with E-state index in [2.05, 4.69) is 20.9 Å². The first-order chi connectivity index (χ1) is 11.5. The summed E-state index contributed by atoms with van der Waals surface area (Å²) < 4.78 is 6.16. The number of hydrogen-bond acceptors (Lipinski definition) is 5. The zero-order chi connectivity index (χ0) is 17.3. The molecule has 2 heterocycles. The molecule has 126 valence electrons. The van der Waals surface area contributed by atoms with Crippen molar-refractivity contribution >= 4 is 44.7 Å². The summed E-state index contributed by atoms with van der Waals surface area (Å²) in [6.07, 6.45) is 0.436. The summed E-state index contributed by atoms with van der Waals surface area (Å²) in [5, 5.41) is 0.657. The van der Waals surface area contributed by atoms with Crippen LogP contribution in [0.1, 0.15) is 31.9 Å². The summed E-state index contributed by atoms with van der Waals surface area (Å²) in [7, 11) is 0. The van der Waals surface area contributed by atoms with Crippen molar-refractivity contribution in [3.05, 3.63) is 45.6 Å². The summed E-state index contributed by atoms with van der Waals surface area (Å²) in [5.74, 6) is 0.271. The minimum Gasteiger partial charge on any atom is -0.463 e. The van der Waals surface area contributed by atoms with Crippen LogP contribution in [0.15, 0.2) is 45.0 Å². The summed E-state index contributed by atoms with van der Waals surface area (Å²) in [4.78, 5) is 31.2. The maximum Gasteiger partial charge on any atom is 0.338 e. The Balaban J connectivity index is 2.14. The van der Waals surface area contributed by atoms with Crippen LogP contribution in [0.25, 0.3) is 0 Å². The van der Waals surface area contributed by atoms with E-state index in [0.717, 1.165) is 10.0 Å². The van der Waals surface area contributed by atoms with Gasteiger partial charge in [0, 0.05) is 16.6 Å². The molecule has 3 rings (SSSR count). The zero-order valence-corrected chi connectivity index (χ0v) is 15.8. The molecular weight excluding hydrogens is 392 g/mol. The molecule has 0 saturated carbocycles. The quantitative estimate of drug-likeness (QED) is 0.715. The lowest BCUT2D eigenvalue weighted by molar-refractivity contribution is -0.139. The highest BCUT2D eigenvalue weighted by molar-refractivity contribution is 9.10. The smallest absolute Gasteiger partial charge is 0.338 e. The van der Waals surface area contributed by atoms with Crippen molar-refractivity contribution in [1.29, 1.82) is 0 Å². The largest absolute Gasteiger partial charge is 0.463 e. The maximum absolute atomic E-state index is 12.6. The minimum atomic E-state index is -0.495. The first-order valence-corrected chi connectivity index (χ1v) is 9.47. The molecule has 0 N–H and O–H groups in total. The van der Waals surface area contributed by atoms with Crippen LogP contribution in [-0.2, 0) is 14.3 Å². The van der Waals surface area contributed by atoms with Gasteiger partial charge in [-0.25, -0.2) is 9.79 Å². The lowest BCUT2D eigenvalue weighted by atomic mass is 9.94. The van der Waals surface area contributed by atoms with Gasteiger partial charge in [0.2, 0.25) is 5.91 Å². The highest BCUT2D eigenvalue weighted by Crippen LogP contribution is 2.40. The van der Waals surface area contributed by atoms with E-state index in [-0.39, 0.29) is 12.5 Å². The van der Waals surface area contributed by atoms with E-state index in [4.69, 9.17) is 4.74 Å². The molecule has 2 aliphatic rings. The van der Waals surface area contributed by atoms with Crippen LogP contribution >= 0.6 is 27.7 Å². The van der Waals surface area contributed by atoms with E-state index in [0.29, 0.717) is 28.6 Å². The Morgan fingerprint density at radius 2 is 2.12 bits per heavy atom.